The molecule has 162 valence electrons. The van der Waals surface area contributed by atoms with E-state index >= 15 is 0 Å². The summed E-state index contributed by atoms with van der Waals surface area (Å²) in [6.07, 6.45) is 4.09. The molecule has 2 aromatic carbocycles. The van der Waals surface area contributed by atoms with Gasteiger partial charge in [0.2, 0.25) is 11.8 Å². The van der Waals surface area contributed by atoms with E-state index in [1.54, 1.807) is 18.2 Å². The van der Waals surface area contributed by atoms with Gasteiger partial charge in [-0.15, -0.1) is 0 Å². The summed E-state index contributed by atoms with van der Waals surface area (Å²) in [6, 6.07) is 12.8. The van der Waals surface area contributed by atoms with Crippen LogP contribution in [-0.2, 0) is 16.0 Å². The highest BCUT2D eigenvalue weighted by molar-refractivity contribution is 6.34. The van der Waals surface area contributed by atoms with Crippen molar-refractivity contribution in [3.63, 3.8) is 0 Å². The first-order valence-corrected chi connectivity index (χ1v) is 11.1. The zero-order chi connectivity index (χ0) is 22.0. The SMILES string of the molecule is CNC(=O)c1cc(NC(=O)C2CCCCC2C(=O)N2CCc3ccccc32)ccc1Cl. The van der Waals surface area contributed by atoms with Crippen LogP contribution in [0.1, 0.15) is 41.6 Å². The molecule has 2 N–H and O–H groups in total. The summed E-state index contributed by atoms with van der Waals surface area (Å²) in [5.41, 5.74) is 2.93. The van der Waals surface area contributed by atoms with Gasteiger partial charge in [0.15, 0.2) is 0 Å². The molecule has 7 heteroatoms. The first-order chi connectivity index (χ1) is 15.0. The Morgan fingerprint density at radius 1 is 1.03 bits per heavy atom. The van der Waals surface area contributed by atoms with Crippen LogP contribution >= 0.6 is 11.6 Å². The summed E-state index contributed by atoms with van der Waals surface area (Å²) in [7, 11) is 1.53. The van der Waals surface area contributed by atoms with Crippen molar-refractivity contribution in [1.29, 1.82) is 0 Å². The molecule has 6 nitrogen and oxygen atoms in total. The van der Waals surface area contributed by atoms with Crippen LogP contribution in [-0.4, -0.2) is 31.3 Å². The smallest absolute Gasteiger partial charge is 0.252 e. The van der Waals surface area contributed by atoms with Crippen LogP contribution in [0.15, 0.2) is 42.5 Å². The quantitative estimate of drug-likeness (QED) is 0.754. The zero-order valence-electron chi connectivity index (χ0n) is 17.5. The molecule has 0 aromatic heterocycles. The molecule has 0 spiro atoms. The number of hydrogen-bond donors (Lipinski definition) is 2. The van der Waals surface area contributed by atoms with Crippen molar-refractivity contribution in [2.24, 2.45) is 11.8 Å². The topological polar surface area (TPSA) is 78.5 Å². The van der Waals surface area contributed by atoms with Crippen LogP contribution in [0, 0.1) is 11.8 Å². The van der Waals surface area contributed by atoms with Gasteiger partial charge >= 0.3 is 0 Å². The number of halogens is 1. The molecule has 3 amide bonds. The van der Waals surface area contributed by atoms with E-state index < -0.39 is 5.92 Å². The average molecular weight is 440 g/mol. The number of nitrogens with zero attached hydrogens (tertiary/aromatic N) is 1. The third-order valence-electron chi connectivity index (χ3n) is 6.28. The van der Waals surface area contributed by atoms with Crippen LogP contribution < -0.4 is 15.5 Å². The number of carbonyl (C=O) groups is 3. The molecule has 2 atom stereocenters. The molecule has 1 aliphatic carbocycles. The summed E-state index contributed by atoms with van der Waals surface area (Å²) >= 11 is 6.11. The number of para-hydroxylation sites is 1. The Hall–Kier alpha value is -2.86. The van der Waals surface area contributed by atoms with Gasteiger partial charge in [-0.2, -0.15) is 0 Å². The van der Waals surface area contributed by atoms with Crippen LogP contribution in [0.2, 0.25) is 5.02 Å². The maximum atomic E-state index is 13.4. The van der Waals surface area contributed by atoms with Crippen LogP contribution in [0.3, 0.4) is 0 Å². The maximum absolute atomic E-state index is 13.4. The van der Waals surface area contributed by atoms with Crippen molar-refractivity contribution in [2.45, 2.75) is 32.1 Å². The number of fused-ring (bicyclic) bond motifs is 1. The largest absolute Gasteiger partial charge is 0.355 e. The van der Waals surface area contributed by atoms with Gasteiger partial charge in [0, 0.05) is 30.9 Å². The minimum Gasteiger partial charge on any atom is -0.355 e. The van der Waals surface area contributed by atoms with Gasteiger partial charge in [-0.05, 0) is 49.1 Å². The predicted octanol–water partition coefficient (Wildman–Crippen LogP) is 4.03. The van der Waals surface area contributed by atoms with Gasteiger partial charge in [0.05, 0.1) is 16.5 Å². The fourth-order valence-corrected chi connectivity index (χ4v) is 4.86. The van der Waals surface area contributed by atoms with Crippen molar-refractivity contribution in [2.75, 3.05) is 23.8 Å². The normalized spacial score (nSPS) is 20.1. The Morgan fingerprint density at radius 3 is 2.55 bits per heavy atom. The van der Waals surface area contributed by atoms with Gasteiger partial charge in [-0.25, -0.2) is 0 Å². The molecular weight excluding hydrogens is 414 g/mol. The van der Waals surface area contributed by atoms with Crippen molar-refractivity contribution in [3.05, 3.63) is 58.6 Å². The van der Waals surface area contributed by atoms with E-state index in [2.05, 4.69) is 16.7 Å². The summed E-state index contributed by atoms with van der Waals surface area (Å²) < 4.78 is 0. The summed E-state index contributed by atoms with van der Waals surface area (Å²) in [5.74, 6) is -1.21. The highest BCUT2D eigenvalue weighted by Crippen LogP contribution is 2.36. The number of nitrogens with one attached hydrogen (secondary N) is 2. The minimum absolute atomic E-state index is 0.0342. The van der Waals surface area contributed by atoms with Crippen molar-refractivity contribution in [3.8, 4) is 0 Å². The van der Waals surface area contributed by atoms with E-state index in [4.69, 9.17) is 11.6 Å². The van der Waals surface area contributed by atoms with E-state index in [-0.39, 0.29) is 23.6 Å². The molecule has 0 radical (unpaired) electrons. The number of anilines is 2. The molecule has 1 fully saturated rings. The van der Waals surface area contributed by atoms with E-state index in [9.17, 15) is 14.4 Å². The Bertz CT molecular complexity index is 1020. The number of carbonyl (C=O) groups excluding carboxylic acids is 3. The van der Waals surface area contributed by atoms with Crippen molar-refractivity contribution < 1.29 is 14.4 Å². The second-order valence-corrected chi connectivity index (χ2v) is 8.54. The number of hydrogen-bond acceptors (Lipinski definition) is 3. The standard InChI is InChI=1S/C24H26ClN3O3/c1-26-22(29)19-14-16(10-11-20(19)25)27-23(30)17-7-3-4-8-18(17)24(31)28-13-12-15-6-2-5-9-21(15)28/h2,5-6,9-11,14,17-18H,3-4,7-8,12-13H2,1H3,(H,26,29)(H,27,30). The lowest BCUT2D eigenvalue weighted by molar-refractivity contribution is -0.132. The molecule has 2 unspecified atom stereocenters. The summed E-state index contributed by atoms with van der Waals surface area (Å²) in [6.45, 7) is 0.662. The third kappa shape index (κ3) is 4.30. The predicted molar refractivity (Wildman–Crippen MR) is 121 cm³/mol. The Morgan fingerprint density at radius 2 is 1.77 bits per heavy atom. The van der Waals surface area contributed by atoms with Gasteiger partial charge in [-0.3, -0.25) is 14.4 Å². The number of amides is 3. The molecule has 0 bridgehead atoms. The van der Waals surface area contributed by atoms with Crippen molar-refractivity contribution in [1.82, 2.24) is 5.32 Å². The number of benzene rings is 2. The lowest BCUT2D eigenvalue weighted by Gasteiger charge is -2.32. The molecule has 1 saturated carbocycles. The van der Waals surface area contributed by atoms with Gasteiger partial charge < -0.3 is 15.5 Å². The number of rotatable bonds is 4. The zero-order valence-corrected chi connectivity index (χ0v) is 18.2. The van der Waals surface area contributed by atoms with E-state index in [0.717, 1.165) is 24.9 Å². The van der Waals surface area contributed by atoms with Gasteiger partial charge in [0.1, 0.15) is 0 Å². The average Bonchev–Trinajstić information content (AvgIpc) is 3.23. The maximum Gasteiger partial charge on any atom is 0.252 e. The second-order valence-electron chi connectivity index (χ2n) is 8.13. The lowest BCUT2D eigenvalue weighted by atomic mass is 9.77. The summed E-state index contributed by atoms with van der Waals surface area (Å²) in [4.78, 5) is 40.4. The molecule has 2 aromatic rings. The minimum atomic E-state index is -0.395. The molecular formula is C24H26ClN3O3. The molecule has 0 saturated heterocycles. The van der Waals surface area contributed by atoms with E-state index in [0.29, 0.717) is 35.7 Å². The fraction of sp³-hybridized carbons (Fsp3) is 0.375. The molecule has 1 heterocycles. The van der Waals surface area contributed by atoms with Gasteiger partial charge in [0.25, 0.3) is 5.91 Å². The fourth-order valence-electron chi connectivity index (χ4n) is 4.65. The highest BCUT2D eigenvalue weighted by Gasteiger charge is 2.39. The monoisotopic (exact) mass is 439 g/mol. The first-order valence-electron chi connectivity index (χ1n) is 10.7. The van der Waals surface area contributed by atoms with Crippen LogP contribution in [0.25, 0.3) is 0 Å². The van der Waals surface area contributed by atoms with E-state index in [1.165, 1.54) is 12.6 Å². The first kappa shape index (κ1) is 21.4. The van der Waals surface area contributed by atoms with Gasteiger partial charge in [-0.1, -0.05) is 42.6 Å². The Balaban J connectivity index is 1.52. The lowest BCUT2D eigenvalue weighted by Crippen LogP contribution is -2.43. The second kappa shape index (κ2) is 9.10. The highest BCUT2D eigenvalue weighted by atomic mass is 35.5. The molecule has 31 heavy (non-hydrogen) atoms. The Kier molecular flexibility index (Phi) is 6.28. The van der Waals surface area contributed by atoms with E-state index in [1.807, 2.05) is 23.1 Å². The third-order valence-corrected chi connectivity index (χ3v) is 6.61. The molecule has 1 aliphatic heterocycles. The van der Waals surface area contributed by atoms with Crippen molar-refractivity contribution >= 4 is 40.7 Å². The summed E-state index contributed by atoms with van der Waals surface area (Å²) in [5, 5.41) is 5.76. The molecule has 4 rings (SSSR count). The van der Waals surface area contributed by atoms with Crippen LogP contribution in [0.4, 0.5) is 11.4 Å². The Labute approximate surface area is 187 Å². The molecule has 2 aliphatic rings. The van der Waals surface area contributed by atoms with Crippen LogP contribution in [0.5, 0.6) is 0 Å².